The predicted octanol–water partition coefficient (Wildman–Crippen LogP) is 1.70. The van der Waals surface area contributed by atoms with Crippen LogP contribution in [0.3, 0.4) is 0 Å². The number of sulfonamides is 2. The normalized spacial score (nSPS) is 18.7. The highest BCUT2D eigenvalue weighted by Crippen LogP contribution is 2.31. The van der Waals surface area contributed by atoms with Crippen molar-refractivity contribution in [2.24, 2.45) is 13.0 Å². The summed E-state index contributed by atoms with van der Waals surface area (Å²) in [5.74, 6) is 0.192. The average molecular weight is 636 g/mol. The molecule has 1 aliphatic heterocycles. The molecule has 0 bridgehead atoms. The molecule has 0 saturated carbocycles. The highest BCUT2D eigenvalue weighted by atomic mass is 32.2. The van der Waals surface area contributed by atoms with E-state index in [1.54, 1.807) is 20.0 Å². The summed E-state index contributed by atoms with van der Waals surface area (Å²) >= 11 is 0. The maximum Gasteiger partial charge on any atom is 0.261 e. The van der Waals surface area contributed by atoms with Gasteiger partial charge in [-0.2, -0.15) is 4.31 Å². The van der Waals surface area contributed by atoms with Crippen molar-refractivity contribution in [3.63, 3.8) is 0 Å². The second kappa shape index (κ2) is 12.9. The Bertz CT molecular complexity index is 1660. The Kier molecular flexibility index (Phi) is 9.69. The number of methoxy groups -OCH3 is 1. The number of hydrogen-bond donors (Lipinski definition) is 2. The molecule has 1 aromatic heterocycles. The number of rotatable bonds is 10. The van der Waals surface area contributed by atoms with Crippen molar-refractivity contribution in [3.05, 3.63) is 60.6 Å². The van der Waals surface area contributed by atoms with Gasteiger partial charge >= 0.3 is 0 Å². The summed E-state index contributed by atoms with van der Waals surface area (Å²) in [4.78, 5) is 19.0. The number of hydrogen-bond acceptors (Lipinski definition) is 9. The van der Waals surface area contributed by atoms with Gasteiger partial charge in [0.2, 0.25) is 5.91 Å². The lowest BCUT2D eigenvalue weighted by Gasteiger charge is -2.33. The predicted molar refractivity (Wildman–Crippen MR) is 159 cm³/mol. The molecule has 0 spiro atoms. The molecule has 0 radical (unpaired) electrons. The van der Waals surface area contributed by atoms with Gasteiger partial charge in [-0.1, -0.05) is 6.92 Å². The third-order valence-corrected chi connectivity index (χ3v) is 10.4. The van der Waals surface area contributed by atoms with Crippen molar-refractivity contribution in [3.8, 4) is 11.5 Å². The highest BCUT2D eigenvalue weighted by Gasteiger charge is 2.34. The zero-order valence-electron chi connectivity index (χ0n) is 24.7. The molecule has 1 aliphatic rings. The van der Waals surface area contributed by atoms with E-state index in [0.717, 1.165) is 4.31 Å². The van der Waals surface area contributed by atoms with Crippen LogP contribution in [0.2, 0.25) is 0 Å². The first-order valence-corrected chi connectivity index (χ1v) is 16.5. The van der Waals surface area contributed by atoms with E-state index in [9.17, 15) is 26.7 Å². The van der Waals surface area contributed by atoms with E-state index in [-0.39, 0.29) is 53.6 Å². The number of aliphatic hydroxyl groups is 1. The number of ether oxygens (including phenoxy) is 2. The standard InChI is InChI=1S/C28H37N5O8S2/c1-19-14-33(20(2)17-34)28(35)13-21-12-22(30-42(36,37)24-9-7-23(40-5)8-10-24)6-11-25(21)41-26(19)15-32(4)43(38,39)27-16-31(3)18-29-27/h6-12,16,18-20,26,30,34H,13-15,17H2,1-5H3/t19-,20-,26-/m1/s1. The van der Waals surface area contributed by atoms with Gasteiger partial charge in [-0.15, -0.1) is 0 Å². The van der Waals surface area contributed by atoms with E-state index in [4.69, 9.17) is 9.47 Å². The fourth-order valence-electron chi connectivity index (χ4n) is 4.71. The topological polar surface area (TPSA) is 160 Å². The summed E-state index contributed by atoms with van der Waals surface area (Å²) in [7, 11) is -3.31. The van der Waals surface area contributed by atoms with Gasteiger partial charge in [-0.3, -0.25) is 9.52 Å². The van der Waals surface area contributed by atoms with Crippen LogP contribution >= 0.6 is 0 Å². The summed E-state index contributed by atoms with van der Waals surface area (Å²) in [6.45, 7) is 3.44. The van der Waals surface area contributed by atoms with Gasteiger partial charge in [0.05, 0.1) is 43.9 Å². The summed E-state index contributed by atoms with van der Waals surface area (Å²) in [6.07, 6.45) is 1.98. The number of aryl methyl sites for hydroxylation is 1. The first-order chi connectivity index (χ1) is 20.2. The number of nitrogens with one attached hydrogen (secondary N) is 1. The molecule has 0 fully saturated rings. The van der Waals surface area contributed by atoms with Gasteiger partial charge < -0.3 is 24.0 Å². The quantitative estimate of drug-likeness (QED) is 0.338. The maximum absolute atomic E-state index is 13.5. The first kappa shape index (κ1) is 32.3. The van der Waals surface area contributed by atoms with Crippen LogP contribution in [0, 0.1) is 5.92 Å². The average Bonchev–Trinajstić information content (AvgIpc) is 3.43. The number of likely N-dealkylation sites (N-methyl/N-ethyl adjacent to an activating group) is 1. The number of carbonyl (C=O) groups excluding carboxylic acids is 1. The monoisotopic (exact) mass is 635 g/mol. The van der Waals surface area contributed by atoms with Gasteiger partial charge in [0.25, 0.3) is 20.0 Å². The van der Waals surface area contributed by atoms with Crippen LogP contribution < -0.4 is 14.2 Å². The summed E-state index contributed by atoms with van der Waals surface area (Å²) in [6, 6.07) is 10.0. The Morgan fingerprint density at radius 1 is 1.19 bits per heavy atom. The van der Waals surface area contributed by atoms with E-state index in [2.05, 4.69) is 9.71 Å². The number of anilines is 1. The molecule has 4 rings (SSSR count). The van der Waals surface area contributed by atoms with Gasteiger partial charge in [-0.25, -0.2) is 21.8 Å². The number of fused-ring (bicyclic) bond motifs is 1. The number of benzene rings is 2. The molecule has 0 aliphatic carbocycles. The van der Waals surface area contributed by atoms with Crippen molar-refractivity contribution < 1.29 is 36.2 Å². The molecule has 234 valence electrons. The SMILES string of the molecule is COc1ccc(S(=O)(=O)Nc2ccc3c(c2)CC(=O)N([C@H](C)CO)C[C@@H](C)[C@@H](CN(C)S(=O)(=O)c2cn(C)cn2)O3)cc1. The number of carbonyl (C=O) groups is 1. The van der Waals surface area contributed by atoms with E-state index >= 15 is 0 Å². The lowest BCUT2D eigenvalue weighted by Crippen LogP contribution is -2.48. The van der Waals surface area contributed by atoms with Crippen LogP contribution in [0.1, 0.15) is 19.4 Å². The van der Waals surface area contributed by atoms with Crippen molar-refractivity contribution in [1.82, 2.24) is 18.8 Å². The minimum absolute atomic E-state index is 0.0261. The Morgan fingerprint density at radius 3 is 2.49 bits per heavy atom. The molecule has 1 amide bonds. The van der Waals surface area contributed by atoms with Gasteiger partial charge in [0, 0.05) is 44.0 Å². The Balaban J connectivity index is 1.67. The minimum atomic E-state index is -3.96. The second-order valence-electron chi connectivity index (χ2n) is 10.7. The Morgan fingerprint density at radius 2 is 1.88 bits per heavy atom. The smallest absolute Gasteiger partial charge is 0.261 e. The van der Waals surface area contributed by atoms with E-state index in [1.165, 1.54) is 72.5 Å². The third-order valence-electron chi connectivity index (χ3n) is 7.33. The Hall–Kier alpha value is -3.66. The van der Waals surface area contributed by atoms with Crippen molar-refractivity contribution in [1.29, 1.82) is 0 Å². The molecule has 43 heavy (non-hydrogen) atoms. The highest BCUT2D eigenvalue weighted by molar-refractivity contribution is 7.92. The lowest BCUT2D eigenvalue weighted by molar-refractivity contribution is -0.134. The van der Waals surface area contributed by atoms with Crippen LogP contribution in [0.5, 0.6) is 11.5 Å². The fourth-order valence-corrected chi connectivity index (χ4v) is 6.90. The number of aliphatic hydroxyl groups excluding tert-OH is 1. The summed E-state index contributed by atoms with van der Waals surface area (Å²) < 4.78 is 69.3. The van der Waals surface area contributed by atoms with Crippen LogP contribution in [0.25, 0.3) is 0 Å². The van der Waals surface area contributed by atoms with Crippen molar-refractivity contribution in [2.75, 3.05) is 38.6 Å². The Labute approximate surface area is 252 Å². The molecular weight excluding hydrogens is 598 g/mol. The summed E-state index contributed by atoms with van der Waals surface area (Å²) in [5.41, 5.74) is 0.621. The third kappa shape index (κ3) is 7.29. The van der Waals surface area contributed by atoms with E-state index in [0.29, 0.717) is 17.1 Å². The molecule has 0 unspecified atom stereocenters. The van der Waals surface area contributed by atoms with Crippen LogP contribution in [0.4, 0.5) is 5.69 Å². The fraction of sp³-hybridized carbons (Fsp3) is 0.429. The molecule has 15 heteroatoms. The molecule has 2 N–H and O–H groups in total. The maximum atomic E-state index is 13.5. The zero-order valence-corrected chi connectivity index (χ0v) is 26.3. The summed E-state index contributed by atoms with van der Waals surface area (Å²) in [5, 5.41) is 9.77. The second-order valence-corrected chi connectivity index (χ2v) is 14.3. The van der Waals surface area contributed by atoms with Crippen molar-refractivity contribution >= 4 is 31.6 Å². The van der Waals surface area contributed by atoms with E-state index < -0.39 is 32.2 Å². The van der Waals surface area contributed by atoms with Crippen LogP contribution in [-0.4, -0.2) is 92.6 Å². The molecule has 3 aromatic rings. The van der Waals surface area contributed by atoms with Gasteiger partial charge in [0.15, 0.2) is 5.03 Å². The molecule has 0 saturated heterocycles. The molecule has 3 atom stereocenters. The van der Waals surface area contributed by atoms with Crippen molar-refractivity contribution in [2.45, 2.75) is 42.3 Å². The van der Waals surface area contributed by atoms with Gasteiger partial charge in [0.1, 0.15) is 17.6 Å². The zero-order chi connectivity index (χ0) is 31.5. The first-order valence-electron chi connectivity index (χ1n) is 13.6. The number of aromatic nitrogens is 2. The number of imidazole rings is 1. The largest absolute Gasteiger partial charge is 0.497 e. The minimum Gasteiger partial charge on any atom is -0.497 e. The molecule has 2 aromatic carbocycles. The van der Waals surface area contributed by atoms with Gasteiger partial charge in [-0.05, 0) is 49.4 Å². The lowest BCUT2D eigenvalue weighted by atomic mass is 10.0. The number of nitrogens with zero attached hydrogens (tertiary/aromatic N) is 4. The molecule has 13 nitrogen and oxygen atoms in total. The van der Waals surface area contributed by atoms with Crippen LogP contribution in [-0.2, 0) is 38.3 Å². The van der Waals surface area contributed by atoms with Crippen LogP contribution in [0.15, 0.2) is 64.9 Å². The molecule has 2 heterocycles. The van der Waals surface area contributed by atoms with E-state index in [1.807, 2.05) is 6.92 Å². The molecular formula is C28H37N5O8S2. The number of amides is 1.